The first kappa shape index (κ1) is 18.5. The lowest BCUT2D eigenvalue weighted by Gasteiger charge is -2.43. The van der Waals surface area contributed by atoms with Gasteiger partial charge in [-0.1, -0.05) is 17.7 Å². The standard InChI is InChI=1S/C22H20ClN3O2S/c23-16-3-5-17(6-4-16)24-22(28)25-11-14-10-15(13-25)21-18(19-2-1-9-29-19)7-8-20(27)26(21)12-14/h1-9,14-15H,10-13H2,(H,24,28)/t14-,15-/m0/s1. The van der Waals surface area contributed by atoms with Gasteiger partial charge in [0, 0.05) is 58.5 Å². The molecule has 29 heavy (non-hydrogen) atoms. The van der Waals surface area contributed by atoms with Crippen molar-refractivity contribution in [3.8, 4) is 10.4 Å². The Morgan fingerprint density at radius 2 is 1.90 bits per heavy atom. The van der Waals surface area contributed by atoms with Crippen molar-refractivity contribution in [2.24, 2.45) is 5.92 Å². The zero-order chi connectivity index (χ0) is 20.0. The third kappa shape index (κ3) is 3.47. The Bertz CT molecular complexity index is 1110. The zero-order valence-corrected chi connectivity index (χ0v) is 17.2. The highest BCUT2D eigenvalue weighted by atomic mass is 35.5. The summed E-state index contributed by atoms with van der Waals surface area (Å²) in [5.41, 5.74) is 2.96. The van der Waals surface area contributed by atoms with Crippen molar-refractivity contribution in [1.29, 1.82) is 0 Å². The van der Waals surface area contributed by atoms with E-state index in [-0.39, 0.29) is 23.4 Å². The van der Waals surface area contributed by atoms with Gasteiger partial charge in [-0.15, -0.1) is 11.3 Å². The van der Waals surface area contributed by atoms with Crippen LogP contribution in [0, 0.1) is 5.92 Å². The Morgan fingerprint density at radius 3 is 2.66 bits per heavy atom. The van der Waals surface area contributed by atoms with Crippen LogP contribution in [-0.4, -0.2) is 28.6 Å². The van der Waals surface area contributed by atoms with Crippen LogP contribution in [0.25, 0.3) is 10.4 Å². The van der Waals surface area contributed by atoms with Crippen LogP contribution in [0.15, 0.2) is 58.7 Å². The molecule has 2 aromatic heterocycles. The Labute approximate surface area is 177 Å². The molecule has 2 aliphatic heterocycles. The number of benzene rings is 1. The van der Waals surface area contributed by atoms with Crippen molar-refractivity contribution in [3.63, 3.8) is 0 Å². The van der Waals surface area contributed by atoms with Gasteiger partial charge in [0.2, 0.25) is 0 Å². The fourth-order valence-electron chi connectivity index (χ4n) is 4.56. The molecule has 0 spiro atoms. The minimum atomic E-state index is -0.105. The molecule has 2 amide bonds. The molecule has 1 saturated heterocycles. The molecule has 4 heterocycles. The summed E-state index contributed by atoms with van der Waals surface area (Å²) >= 11 is 7.61. The number of likely N-dealkylation sites (tertiary alicyclic amines) is 1. The summed E-state index contributed by atoms with van der Waals surface area (Å²) in [5.74, 6) is 0.443. The Kier molecular flexibility index (Phi) is 4.68. The Morgan fingerprint density at radius 1 is 1.07 bits per heavy atom. The van der Waals surface area contributed by atoms with Gasteiger partial charge in [0.05, 0.1) is 0 Å². The number of aromatic nitrogens is 1. The average molecular weight is 426 g/mol. The number of urea groups is 1. The van der Waals surface area contributed by atoms with Gasteiger partial charge >= 0.3 is 6.03 Å². The number of amides is 2. The lowest BCUT2D eigenvalue weighted by atomic mass is 9.81. The first-order chi connectivity index (χ1) is 14.1. The number of hydrogen-bond donors (Lipinski definition) is 1. The van der Waals surface area contributed by atoms with Crippen LogP contribution >= 0.6 is 22.9 Å². The molecule has 0 radical (unpaired) electrons. The van der Waals surface area contributed by atoms with E-state index in [0.717, 1.165) is 28.2 Å². The monoisotopic (exact) mass is 425 g/mol. The van der Waals surface area contributed by atoms with E-state index in [1.165, 1.54) is 0 Å². The number of pyridine rings is 1. The first-order valence-corrected chi connectivity index (χ1v) is 10.9. The Hall–Kier alpha value is -2.57. The van der Waals surface area contributed by atoms with Gasteiger partial charge in [0.15, 0.2) is 0 Å². The van der Waals surface area contributed by atoms with Gasteiger partial charge in [-0.3, -0.25) is 4.79 Å². The molecule has 5 rings (SSSR count). The molecule has 148 valence electrons. The summed E-state index contributed by atoms with van der Waals surface area (Å²) in [4.78, 5) is 28.5. The van der Waals surface area contributed by atoms with E-state index < -0.39 is 0 Å². The van der Waals surface area contributed by atoms with Crippen molar-refractivity contribution in [1.82, 2.24) is 9.47 Å². The van der Waals surface area contributed by atoms with Crippen molar-refractivity contribution in [2.75, 3.05) is 18.4 Å². The smallest absolute Gasteiger partial charge is 0.321 e. The fourth-order valence-corrected chi connectivity index (χ4v) is 5.44. The van der Waals surface area contributed by atoms with Gasteiger partial charge in [0.25, 0.3) is 5.56 Å². The minimum absolute atomic E-state index is 0.0501. The normalized spacial score (nSPS) is 20.2. The van der Waals surface area contributed by atoms with E-state index >= 15 is 0 Å². The zero-order valence-electron chi connectivity index (χ0n) is 15.7. The number of carbonyl (C=O) groups excluding carboxylic acids is 1. The molecule has 2 bridgehead atoms. The molecule has 5 nitrogen and oxygen atoms in total. The number of carbonyl (C=O) groups is 1. The highest BCUT2D eigenvalue weighted by molar-refractivity contribution is 7.13. The average Bonchev–Trinajstić information content (AvgIpc) is 3.25. The number of thiophene rings is 1. The first-order valence-electron chi connectivity index (χ1n) is 9.67. The van der Waals surface area contributed by atoms with E-state index in [2.05, 4.69) is 16.8 Å². The molecule has 3 aromatic rings. The van der Waals surface area contributed by atoms with Crippen LogP contribution in [0.4, 0.5) is 10.5 Å². The summed E-state index contributed by atoms with van der Waals surface area (Å²) in [6.07, 6.45) is 1.01. The molecule has 2 atom stereocenters. The summed E-state index contributed by atoms with van der Waals surface area (Å²) in [7, 11) is 0. The van der Waals surface area contributed by atoms with E-state index in [4.69, 9.17) is 11.6 Å². The molecule has 0 saturated carbocycles. The van der Waals surface area contributed by atoms with Gasteiger partial charge in [-0.2, -0.15) is 0 Å². The SMILES string of the molecule is O=C(Nc1ccc(Cl)cc1)N1C[C@@H]2C[C@@H](C1)c1c(-c3cccs3)ccc(=O)n1C2. The number of hydrogen-bond acceptors (Lipinski definition) is 3. The molecule has 1 fully saturated rings. The van der Waals surface area contributed by atoms with Gasteiger partial charge in [0.1, 0.15) is 0 Å². The van der Waals surface area contributed by atoms with Crippen molar-refractivity contribution < 1.29 is 4.79 Å². The number of nitrogens with one attached hydrogen (secondary N) is 1. The highest BCUT2D eigenvalue weighted by Crippen LogP contribution is 2.41. The number of piperidine rings is 1. The van der Waals surface area contributed by atoms with Crippen LogP contribution in [0.2, 0.25) is 5.02 Å². The van der Waals surface area contributed by atoms with Crippen LogP contribution in [0.3, 0.4) is 0 Å². The molecule has 7 heteroatoms. The molecular formula is C22H20ClN3O2S. The van der Waals surface area contributed by atoms with E-state index in [0.29, 0.717) is 24.7 Å². The van der Waals surface area contributed by atoms with Crippen LogP contribution in [-0.2, 0) is 6.54 Å². The number of halogens is 1. The summed E-state index contributed by atoms with van der Waals surface area (Å²) in [6.45, 7) is 1.93. The second kappa shape index (κ2) is 7.35. The number of rotatable bonds is 2. The maximum atomic E-state index is 12.9. The molecule has 0 unspecified atom stereocenters. The number of nitrogens with zero attached hydrogens (tertiary/aromatic N) is 2. The van der Waals surface area contributed by atoms with Crippen molar-refractivity contribution in [3.05, 3.63) is 75.0 Å². The van der Waals surface area contributed by atoms with E-state index in [9.17, 15) is 9.59 Å². The maximum absolute atomic E-state index is 12.9. The number of fused-ring (bicyclic) bond motifs is 4. The number of anilines is 1. The molecule has 2 aliphatic rings. The van der Waals surface area contributed by atoms with Crippen LogP contribution in [0.5, 0.6) is 0 Å². The third-order valence-electron chi connectivity index (χ3n) is 5.76. The Balaban J connectivity index is 1.44. The quantitative estimate of drug-likeness (QED) is 0.636. The van der Waals surface area contributed by atoms with E-state index in [1.54, 1.807) is 41.7 Å². The van der Waals surface area contributed by atoms with Gasteiger partial charge in [-0.05, 0) is 54.1 Å². The largest absolute Gasteiger partial charge is 0.324 e. The highest BCUT2D eigenvalue weighted by Gasteiger charge is 2.38. The minimum Gasteiger partial charge on any atom is -0.324 e. The third-order valence-corrected chi connectivity index (χ3v) is 6.91. The second-order valence-electron chi connectivity index (χ2n) is 7.70. The van der Waals surface area contributed by atoms with Crippen LogP contribution in [0.1, 0.15) is 18.0 Å². The summed E-state index contributed by atoms with van der Waals surface area (Å²) in [5, 5.41) is 5.66. The predicted molar refractivity (Wildman–Crippen MR) is 117 cm³/mol. The van der Waals surface area contributed by atoms with Crippen molar-refractivity contribution in [2.45, 2.75) is 18.9 Å². The summed E-state index contributed by atoms with van der Waals surface area (Å²) in [6, 6.07) is 14.7. The molecular weight excluding hydrogens is 406 g/mol. The lowest BCUT2D eigenvalue weighted by Crippen LogP contribution is -2.50. The molecule has 1 aromatic carbocycles. The fraction of sp³-hybridized carbons (Fsp3) is 0.273. The second-order valence-corrected chi connectivity index (χ2v) is 9.08. The topological polar surface area (TPSA) is 54.3 Å². The van der Waals surface area contributed by atoms with E-state index in [1.807, 2.05) is 21.6 Å². The van der Waals surface area contributed by atoms with Crippen LogP contribution < -0.4 is 10.9 Å². The maximum Gasteiger partial charge on any atom is 0.321 e. The molecule has 1 N–H and O–H groups in total. The van der Waals surface area contributed by atoms with Gasteiger partial charge < -0.3 is 14.8 Å². The van der Waals surface area contributed by atoms with Crippen molar-refractivity contribution >= 4 is 34.7 Å². The molecule has 0 aliphatic carbocycles. The van der Waals surface area contributed by atoms with Gasteiger partial charge in [-0.25, -0.2) is 4.79 Å². The predicted octanol–water partition coefficient (Wildman–Crippen LogP) is 4.88. The lowest BCUT2D eigenvalue weighted by molar-refractivity contribution is 0.140. The summed E-state index contributed by atoms with van der Waals surface area (Å²) < 4.78 is 1.93.